The van der Waals surface area contributed by atoms with E-state index in [4.69, 9.17) is 0 Å². The Kier molecular flexibility index (Phi) is 5.12. The lowest BCUT2D eigenvalue weighted by Crippen LogP contribution is -2.27. The summed E-state index contributed by atoms with van der Waals surface area (Å²) < 4.78 is 0. The Hall–Kier alpha value is -1.65. The zero-order chi connectivity index (χ0) is 13.5. The molecule has 1 aromatic heterocycles. The topological polar surface area (TPSA) is 66.9 Å². The second-order valence-electron chi connectivity index (χ2n) is 5.00. The van der Waals surface area contributed by atoms with E-state index in [1.54, 1.807) is 12.3 Å². The smallest absolute Gasteiger partial charge is 0.270 e. The van der Waals surface area contributed by atoms with E-state index in [0.717, 1.165) is 19.3 Å². The van der Waals surface area contributed by atoms with Gasteiger partial charge in [0.1, 0.15) is 5.69 Å². The van der Waals surface area contributed by atoms with Gasteiger partial charge in [-0.3, -0.25) is 4.79 Å². The van der Waals surface area contributed by atoms with E-state index in [1.807, 2.05) is 6.92 Å². The quantitative estimate of drug-likeness (QED) is 0.855. The fourth-order valence-electron chi connectivity index (χ4n) is 2.31. The molecule has 2 N–H and O–H groups in total. The van der Waals surface area contributed by atoms with Crippen LogP contribution in [-0.4, -0.2) is 28.5 Å². The van der Waals surface area contributed by atoms with Crippen molar-refractivity contribution in [1.29, 1.82) is 0 Å². The molecule has 0 saturated heterocycles. The summed E-state index contributed by atoms with van der Waals surface area (Å²) in [7, 11) is 0. The summed E-state index contributed by atoms with van der Waals surface area (Å²) in [5.41, 5.74) is 0.432. The van der Waals surface area contributed by atoms with E-state index in [1.165, 1.54) is 19.3 Å². The van der Waals surface area contributed by atoms with Crippen LogP contribution in [0.2, 0.25) is 0 Å². The molecule has 1 aromatic rings. The largest absolute Gasteiger partial charge is 0.351 e. The number of aromatic nitrogens is 2. The minimum atomic E-state index is -0.129. The Bertz CT molecular complexity index is 416. The molecular weight excluding hydrogens is 240 g/mol. The number of hydrogen-bond acceptors (Lipinski definition) is 4. The van der Waals surface area contributed by atoms with Gasteiger partial charge in [-0.2, -0.15) is 0 Å². The third-order valence-electron chi connectivity index (χ3n) is 3.36. The fourth-order valence-corrected chi connectivity index (χ4v) is 2.31. The number of anilines is 1. The van der Waals surface area contributed by atoms with Crippen LogP contribution in [-0.2, 0) is 0 Å². The van der Waals surface area contributed by atoms with Gasteiger partial charge in [0.25, 0.3) is 5.91 Å². The van der Waals surface area contributed by atoms with Gasteiger partial charge >= 0.3 is 0 Å². The van der Waals surface area contributed by atoms with Gasteiger partial charge in [0.05, 0.1) is 0 Å². The molecule has 0 spiro atoms. The van der Waals surface area contributed by atoms with Crippen molar-refractivity contribution in [3.05, 3.63) is 18.0 Å². The Morgan fingerprint density at radius 1 is 1.37 bits per heavy atom. The summed E-state index contributed by atoms with van der Waals surface area (Å²) in [5, 5.41) is 6.15. The minimum absolute atomic E-state index is 0.129. The molecule has 1 amide bonds. The van der Waals surface area contributed by atoms with Crippen molar-refractivity contribution in [2.75, 3.05) is 11.9 Å². The predicted molar refractivity (Wildman–Crippen MR) is 75.2 cm³/mol. The molecule has 1 heterocycles. The number of hydrogen-bond donors (Lipinski definition) is 2. The molecule has 1 aliphatic carbocycles. The van der Waals surface area contributed by atoms with Gasteiger partial charge in [-0.25, -0.2) is 9.97 Å². The normalized spacial score (nSPS) is 16.1. The SMILES string of the molecule is CCCNC(=O)c1ccnc(NC2CCCCC2)n1. The van der Waals surface area contributed by atoms with Gasteiger partial charge in [0.15, 0.2) is 0 Å². The van der Waals surface area contributed by atoms with Crippen LogP contribution in [0.25, 0.3) is 0 Å². The molecule has 104 valence electrons. The average Bonchev–Trinajstić information content (AvgIpc) is 2.46. The summed E-state index contributed by atoms with van der Waals surface area (Å²) in [6, 6.07) is 2.10. The first-order valence-corrected chi connectivity index (χ1v) is 7.17. The minimum Gasteiger partial charge on any atom is -0.351 e. The lowest BCUT2D eigenvalue weighted by molar-refractivity contribution is 0.0948. The van der Waals surface area contributed by atoms with E-state index in [0.29, 0.717) is 24.2 Å². The molecule has 5 nitrogen and oxygen atoms in total. The van der Waals surface area contributed by atoms with Crippen LogP contribution >= 0.6 is 0 Å². The van der Waals surface area contributed by atoms with Crippen molar-refractivity contribution in [3.63, 3.8) is 0 Å². The van der Waals surface area contributed by atoms with Crippen LogP contribution in [0.1, 0.15) is 55.9 Å². The number of amides is 1. The van der Waals surface area contributed by atoms with E-state index in [-0.39, 0.29) is 5.91 Å². The summed E-state index contributed by atoms with van der Waals surface area (Å²) in [4.78, 5) is 20.3. The lowest BCUT2D eigenvalue weighted by Gasteiger charge is -2.22. The number of carbonyl (C=O) groups excluding carboxylic acids is 1. The van der Waals surface area contributed by atoms with E-state index < -0.39 is 0 Å². The Morgan fingerprint density at radius 2 is 2.16 bits per heavy atom. The summed E-state index contributed by atoms with van der Waals surface area (Å²) in [6.07, 6.45) is 8.72. The van der Waals surface area contributed by atoms with Crippen LogP contribution in [0.15, 0.2) is 12.3 Å². The first kappa shape index (κ1) is 13.8. The number of nitrogens with zero attached hydrogens (tertiary/aromatic N) is 2. The molecule has 1 aliphatic rings. The van der Waals surface area contributed by atoms with Crippen LogP contribution in [0.3, 0.4) is 0 Å². The maximum absolute atomic E-state index is 11.8. The van der Waals surface area contributed by atoms with E-state index >= 15 is 0 Å². The Balaban J connectivity index is 1.95. The monoisotopic (exact) mass is 262 g/mol. The van der Waals surface area contributed by atoms with Gasteiger partial charge < -0.3 is 10.6 Å². The summed E-state index contributed by atoms with van der Waals surface area (Å²) in [6.45, 7) is 2.70. The first-order chi connectivity index (χ1) is 9.29. The van der Waals surface area contributed by atoms with Crippen LogP contribution in [0.4, 0.5) is 5.95 Å². The third kappa shape index (κ3) is 4.19. The highest BCUT2D eigenvalue weighted by atomic mass is 16.1. The molecule has 2 rings (SSSR count). The summed E-state index contributed by atoms with van der Waals surface area (Å²) >= 11 is 0. The Labute approximate surface area is 114 Å². The molecular formula is C14H22N4O. The Morgan fingerprint density at radius 3 is 2.89 bits per heavy atom. The van der Waals surface area contributed by atoms with Crippen LogP contribution < -0.4 is 10.6 Å². The van der Waals surface area contributed by atoms with Crippen molar-refractivity contribution in [1.82, 2.24) is 15.3 Å². The highest BCUT2D eigenvalue weighted by Crippen LogP contribution is 2.20. The average molecular weight is 262 g/mol. The van der Waals surface area contributed by atoms with Crippen molar-refractivity contribution < 1.29 is 4.79 Å². The van der Waals surface area contributed by atoms with Crippen molar-refractivity contribution in [2.45, 2.75) is 51.5 Å². The number of rotatable bonds is 5. The van der Waals surface area contributed by atoms with Gasteiger partial charge in [-0.05, 0) is 25.3 Å². The molecule has 5 heteroatoms. The number of carbonyl (C=O) groups is 1. The highest BCUT2D eigenvalue weighted by Gasteiger charge is 2.15. The number of nitrogens with one attached hydrogen (secondary N) is 2. The molecule has 0 atom stereocenters. The van der Waals surface area contributed by atoms with Gasteiger partial charge in [-0.15, -0.1) is 0 Å². The zero-order valence-electron chi connectivity index (χ0n) is 11.5. The molecule has 0 aromatic carbocycles. The maximum atomic E-state index is 11.8. The fraction of sp³-hybridized carbons (Fsp3) is 0.643. The van der Waals surface area contributed by atoms with Gasteiger partial charge in [0, 0.05) is 18.8 Å². The second-order valence-corrected chi connectivity index (χ2v) is 5.00. The molecule has 0 aliphatic heterocycles. The lowest BCUT2D eigenvalue weighted by atomic mass is 9.96. The van der Waals surface area contributed by atoms with Crippen LogP contribution in [0, 0.1) is 0 Å². The second kappa shape index (κ2) is 7.07. The van der Waals surface area contributed by atoms with Crippen LogP contribution in [0.5, 0.6) is 0 Å². The molecule has 19 heavy (non-hydrogen) atoms. The molecule has 1 fully saturated rings. The molecule has 0 radical (unpaired) electrons. The standard InChI is InChI=1S/C14H22N4O/c1-2-9-15-13(19)12-8-10-16-14(18-12)17-11-6-4-3-5-7-11/h8,10-11H,2-7,9H2,1H3,(H,15,19)(H,16,17,18). The molecule has 1 saturated carbocycles. The summed E-state index contributed by atoms with van der Waals surface area (Å²) in [5.74, 6) is 0.437. The first-order valence-electron chi connectivity index (χ1n) is 7.17. The van der Waals surface area contributed by atoms with Crippen molar-refractivity contribution in [3.8, 4) is 0 Å². The predicted octanol–water partition coefficient (Wildman–Crippen LogP) is 2.36. The maximum Gasteiger partial charge on any atom is 0.270 e. The van der Waals surface area contributed by atoms with E-state index in [9.17, 15) is 4.79 Å². The van der Waals surface area contributed by atoms with Crippen molar-refractivity contribution >= 4 is 11.9 Å². The zero-order valence-corrected chi connectivity index (χ0v) is 11.5. The van der Waals surface area contributed by atoms with Gasteiger partial charge in [-0.1, -0.05) is 26.2 Å². The molecule has 0 unspecified atom stereocenters. The van der Waals surface area contributed by atoms with Crippen molar-refractivity contribution in [2.24, 2.45) is 0 Å². The molecule has 0 bridgehead atoms. The highest BCUT2D eigenvalue weighted by molar-refractivity contribution is 5.92. The van der Waals surface area contributed by atoms with Gasteiger partial charge in [0.2, 0.25) is 5.95 Å². The third-order valence-corrected chi connectivity index (χ3v) is 3.36. The van der Waals surface area contributed by atoms with E-state index in [2.05, 4.69) is 20.6 Å².